The minimum absolute atomic E-state index is 0.110. The number of methoxy groups -OCH3 is 2. The molecule has 0 N–H and O–H groups in total. The monoisotopic (exact) mass is 385 g/mol. The average molecular weight is 385 g/mol. The van der Waals surface area contributed by atoms with Gasteiger partial charge < -0.3 is 19.1 Å². The van der Waals surface area contributed by atoms with E-state index in [1.54, 1.807) is 43.4 Å². The second-order valence-electron chi connectivity index (χ2n) is 6.53. The first kappa shape index (κ1) is 19.9. The second-order valence-corrected chi connectivity index (χ2v) is 6.53. The van der Waals surface area contributed by atoms with Gasteiger partial charge in [-0.3, -0.25) is 4.79 Å². The third-order valence-electron chi connectivity index (χ3n) is 4.76. The van der Waals surface area contributed by atoms with E-state index in [4.69, 9.17) is 14.2 Å². The third kappa shape index (κ3) is 4.17. The number of carbonyl (C=O) groups is 1. The lowest BCUT2D eigenvalue weighted by Crippen LogP contribution is -2.42. The molecular formula is C22H24FNO4. The van der Waals surface area contributed by atoms with Gasteiger partial charge in [-0.05, 0) is 36.2 Å². The van der Waals surface area contributed by atoms with E-state index < -0.39 is 0 Å². The van der Waals surface area contributed by atoms with Gasteiger partial charge in [0.25, 0.3) is 5.91 Å². The normalized spacial score (nSPS) is 16.5. The van der Waals surface area contributed by atoms with Gasteiger partial charge in [0.15, 0.2) is 11.5 Å². The first-order valence-electron chi connectivity index (χ1n) is 9.09. The van der Waals surface area contributed by atoms with E-state index in [1.165, 1.54) is 12.1 Å². The van der Waals surface area contributed by atoms with Crippen LogP contribution in [0.5, 0.6) is 11.5 Å². The van der Waals surface area contributed by atoms with E-state index in [9.17, 15) is 9.18 Å². The molecule has 0 spiro atoms. The zero-order valence-electron chi connectivity index (χ0n) is 16.1. The molecule has 0 bridgehead atoms. The summed E-state index contributed by atoms with van der Waals surface area (Å²) in [6.45, 7) is 5.07. The lowest BCUT2D eigenvalue weighted by molar-refractivity contribution is -0.0228. The maximum atomic E-state index is 13.2. The molecule has 5 nitrogen and oxygen atoms in total. The highest BCUT2D eigenvalue weighted by Gasteiger charge is 2.27. The summed E-state index contributed by atoms with van der Waals surface area (Å²) in [4.78, 5) is 14.9. The molecule has 1 amide bonds. The lowest BCUT2D eigenvalue weighted by atomic mass is 10.0. The maximum Gasteiger partial charge on any atom is 0.254 e. The van der Waals surface area contributed by atoms with Crippen molar-refractivity contribution in [3.63, 3.8) is 0 Å². The molecule has 1 saturated heterocycles. The number of carbonyl (C=O) groups excluding carboxylic acids is 1. The maximum absolute atomic E-state index is 13.2. The van der Waals surface area contributed by atoms with E-state index in [1.807, 2.05) is 6.07 Å². The van der Waals surface area contributed by atoms with Gasteiger partial charge in [-0.25, -0.2) is 4.39 Å². The smallest absolute Gasteiger partial charge is 0.254 e. The van der Waals surface area contributed by atoms with Crippen molar-refractivity contribution in [2.75, 3.05) is 33.9 Å². The van der Waals surface area contributed by atoms with Crippen LogP contribution in [0.3, 0.4) is 0 Å². The number of morpholine rings is 1. The van der Waals surface area contributed by atoms with E-state index in [-0.39, 0.29) is 17.8 Å². The molecule has 1 aliphatic heterocycles. The van der Waals surface area contributed by atoms with E-state index in [0.717, 1.165) is 11.1 Å². The molecule has 0 aromatic heterocycles. The SMILES string of the molecule is C=CCc1cc(C(=O)N2CCOC(c3ccc(F)cc3)C2)cc(OC)c1OC. The molecule has 0 radical (unpaired) electrons. The van der Waals surface area contributed by atoms with Crippen LogP contribution in [0.1, 0.15) is 27.6 Å². The molecule has 3 rings (SSSR count). The van der Waals surface area contributed by atoms with E-state index in [2.05, 4.69) is 6.58 Å². The van der Waals surface area contributed by atoms with Crippen LogP contribution in [0.15, 0.2) is 49.1 Å². The first-order valence-corrected chi connectivity index (χ1v) is 9.09. The molecule has 2 aromatic carbocycles. The molecule has 28 heavy (non-hydrogen) atoms. The molecule has 1 fully saturated rings. The van der Waals surface area contributed by atoms with Crippen molar-refractivity contribution in [3.8, 4) is 11.5 Å². The highest BCUT2D eigenvalue weighted by atomic mass is 19.1. The molecule has 6 heteroatoms. The summed E-state index contributed by atoms with van der Waals surface area (Å²) < 4.78 is 29.8. The van der Waals surface area contributed by atoms with Crippen molar-refractivity contribution in [1.29, 1.82) is 0 Å². The number of hydrogen-bond acceptors (Lipinski definition) is 4. The highest BCUT2D eigenvalue weighted by molar-refractivity contribution is 5.95. The predicted molar refractivity (Wildman–Crippen MR) is 104 cm³/mol. The van der Waals surface area contributed by atoms with Crippen LogP contribution in [-0.4, -0.2) is 44.7 Å². The van der Waals surface area contributed by atoms with Crippen molar-refractivity contribution >= 4 is 5.91 Å². The summed E-state index contributed by atoms with van der Waals surface area (Å²) in [5.41, 5.74) is 2.20. The molecule has 1 atom stereocenters. The van der Waals surface area contributed by atoms with Gasteiger partial charge in [0.2, 0.25) is 0 Å². The molecule has 1 aliphatic rings. The van der Waals surface area contributed by atoms with Crippen molar-refractivity contribution in [3.05, 3.63) is 71.6 Å². The molecule has 148 valence electrons. The summed E-state index contributed by atoms with van der Waals surface area (Å²) in [5, 5.41) is 0. The Bertz CT molecular complexity index is 850. The Morgan fingerprint density at radius 2 is 2.04 bits per heavy atom. The zero-order valence-corrected chi connectivity index (χ0v) is 16.1. The number of benzene rings is 2. The summed E-state index contributed by atoms with van der Waals surface area (Å²) in [6.07, 6.45) is 2.03. The Hall–Kier alpha value is -2.86. The topological polar surface area (TPSA) is 48.0 Å². The Balaban J connectivity index is 1.85. The van der Waals surface area contributed by atoms with Gasteiger partial charge in [0.05, 0.1) is 27.4 Å². The zero-order chi connectivity index (χ0) is 20.1. The van der Waals surface area contributed by atoms with Crippen LogP contribution >= 0.6 is 0 Å². The molecule has 0 aliphatic carbocycles. The predicted octanol–water partition coefficient (Wildman–Crippen LogP) is 3.79. The van der Waals surface area contributed by atoms with Crippen LogP contribution in [0.4, 0.5) is 4.39 Å². The minimum Gasteiger partial charge on any atom is -0.493 e. The van der Waals surface area contributed by atoms with Gasteiger partial charge >= 0.3 is 0 Å². The summed E-state index contributed by atoms with van der Waals surface area (Å²) in [6, 6.07) is 9.67. The number of ether oxygens (including phenoxy) is 3. The number of rotatable bonds is 6. The molecule has 0 saturated carbocycles. The Morgan fingerprint density at radius 3 is 2.68 bits per heavy atom. The first-order chi connectivity index (χ1) is 13.6. The fraction of sp³-hybridized carbons (Fsp3) is 0.318. The quantitative estimate of drug-likeness (QED) is 0.710. The number of nitrogens with zero attached hydrogens (tertiary/aromatic N) is 1. The number of allylic oxidation sites excluding steroid dienone is 1. The van der Waals surface area contributed by atoms with Crippen molar-refractivity contribution < 1.29 is 23.4 Å². The summed E-state index contributed by atoms with van der Waals surface area (Å²) in [7, 11) is 3.12. The molecular weight excluding hydrogens is 361 g/mol. The van der Waals surface area contributed by atoms with Crippen LogP contribution < -0.4 is 9.47 Å². The van der Waals surface area contributed by atoms with Gasteiger partial charge in [-0.15, -0.1) is 6.58 Å². The fourth-order valence-corrected chi connectivity index (χ4v) is 3.37. The lowest BCUT2D eigenvalue weighted by Gasteiger charge is -2.33. The van der Waals surface area contributed by atoms with Gasteiger partial charge in [-0.2, -0.15) is 0 Å². The van der Waals surface area contributed by atoms with Gasteiger partial charge in [-0.1, -0.05) is 18.2 Å². The Kier molecular flexibility index (Phi) is 6.31. The summed E-state index contributed by atoms with van der Waals surface area (Å²) in [5.74, 6) is 0.702. The van der Waals surface area contributed by atoms with E-state index >= 15 is 0 Å². The summed E-state index contributed by atoms with van der Waals surface area (Å²) >= 11 is 0. The van der Waals surface area contributed by atoms with Crippen LogP contribution in [0.2, 0.25) is 0 Å². The van der Waals surface area contributed by atoms with Crippen LogP contribution in [0.25, 0.3) is 0 Å². The van der Waals surface area contributed by atoms with Crippen molar-refractivity contribution in [2.45, 2.75) is 12.5 Å². The largest absolute Gasteiger partial charge is 0.493 e. The standard InChI is InChI=1S/C22H24FNO4/c1-4-5-16-12-17(13-19(26-2)21(16)27-3)22(25)24-10-11-28-20(14-24)15-6-8-18(23)9-7-15/h4,6-9,12-13,20H,1,5,10-11,14H2,2-3H3. The third-order valence-corrected chi connectivity index (χ3v) is 4.76. The highest BCUT2D eigenvalue weighted by Crippen LogP contribution is 2.34. The van der Waals surface area contributed by atoms with E-state index in [0.29, 0.717) is 43.2 Å². The average Bonchev–Trinajstić information content (AvgIpc) is 2.73. The number of amides is 1. The fourth-order valence-electron chi connectivity index (χ4n) is 3.37. The Labute approximate surface area is 164 Å². The van der Waals surface area contributed by atoms with Crippen molar-refractivity contribution in [1.82, 2.24) is 4.90 Å². The minimum atomic E-state index is -0.299. The number of hydrogen-bond donors (Lipinski definition) is 0. The van der Waals surface area contributed by atoms with Crippen molar-refractivity contribution in [2.24, 2.45) is 0 Å². The Morgan fingerprint density at radius 1 is 1.29 bits per heavy atom. The van der Waals surface area contributed by atoms with Crippen LogP contribution in [-0.2, 0) is 11.2 Å². The number of halogens is 1. The molecule has 2 aromatic rings. The molecule has 1 unspecified atom stereocenters. The van der Waals surface area contributed by atoms with Gasteiger partial charge in [0.1, 0.15) is 11.9 Å². The molecule has 1 heterocycles. The van der Waals surface area contributed by atoms with Crippen LogP contribution in [0, 0.1) is 5.82 Å². The van der Waals surface area contributed by atoms with Gasteiger partial charge in [0, 0.05) is 17.7 Å². The second kappa shape index (κ2) is 8.89.